The molecule has 0 aliphatic carbocycles. The number of ether oxygens (including phenoxy) is 1. The van der Waals surface area contributed by atoms with Crippen molar-refractivity contribution in [2.75, 3.05) is 13.2 Å². The molecule has 1 aromatic carbocycles. The Morgan fingerprint density at radius 3 is 3.00 bits per heavy atom. The van der Waals surface area contributed by atoms with Gasteiger partial charge >= 0.3 is 5.69 Å². The number of imidazole rings is 1. The Bertz CT molecular complexity index is 542. The number of benzene rings is 1. The summed E-state index contributed by atoms with van der Waals surface area (Å²) in [5.41, 5.74) is 6.98. The lowest BCUT2D eigenvalue weighted by atomic mass is 10.3. The van der Waals surface area contributed by atoms with Gasteiger partial charge in [-0.2, -0.15) is 0 Å². The lowest BCUT2D eigenvalue weighted by molar-refractivity contribution is 0.340. The fourth-order valence-corrected chi connectivity index (χ4v) is 1.74. The third kappa shape index (κ3) is 1.81. The summed E-state index contributed by atoms with van der Waals surface area (Å²) in [7, 11) is 0. The van der Waals surface area contributed by atoms with E-state index in [0.717, 1.165) is 16.8 Å². The zero-order chi connectivity index (χ0) is 11.5. The van der Waals surface area contributed by atoms with Gasteiger partial charge in [-0.05, 0) is 19.1 Å². The first-order chi connectivity index (χ1) is 7.76. The van der Waals surface area contributed by atoms with Crippen LogP contribution in [0.5, 0.6) is 5.75 Å². The molecule has 1 heterocycles. The third-order valence-electron chi connectivity index (χ3n) is 2.41. The predicted octanol–water partition coefficient (Wildman–Crippen LogP) is 0.687. The highest BCUT2D eigenvalue weighted by atomic mass is 16.5. The van der Waals surface area contributed by atoms with Crippen LogP contribution < -0.4 is 16.2 Å². The smallest absolute Gasteiger partial charge is 0.326 e. The first-order valence-corrected chi connectivity index (χ1v) is 5.31. The van der Waals surface area contributed by atoms with Crippen LogP contribution in [0.15, 0.2) is 23.0 Å². The predicted molar refractivity (Wildman–Crippen MR) is 62.8 cm³/mol. The molecule has 0 bridgehead atoms. The largest absolute Gasteiger partial charge is 0.494 e. The van der Waals surface area contributed by atoms with Gasteiger partial charge in [-0.1, -0.05) is 0 Å². The van der Waals surface area contributed by atoms with E-state index < -0.39 is 0 Å². The Kier molecular flexibility index (Phi) is 2.96. The molecule has 5 heteroatoms. The lowest BCUT2D eigenvalue weighted by Gasteiger charge is -2.04. The third-order valence-corrected chi connectivity index (χ3v) is 2.41. The maximum Gasteiger partial charge on any atom is 0.326 e. The van der Waals surface area contributed by atoms with Gasteiger partial charge in [0.05, 0.1) is 17.6 Å². The van der Waals surface area contributed by atoms with E-state index in [-0.39, 0.29) is 5.69 Å². The standard InChI is InChI=1S/C11H15N3O2/c1-2-16-8-3-4-9-10(7-8)14(6-5-12)11(15)13-9/h3-4,7H,2,5-6,12H2,1H3,(H,13,15). The van der Waals surface area contributed by atoms with E-state index in [1.165, 1.54) is 0 Å². The van der Waals surface area contributed by atoms with Crippen LogP contribution in [0.4, 0.5) is 0 Å². The molecule has 0 fully saturated rings. The van der Waals surface area contributed by atoms with E-state index in [2.05, 4.69) is 4.98 Å². The first-order valence-electron chi connectivity index (χ1n) is 5.31. The monoisotopic (exact) mass is 221 g/mol. The van der Waals surface area contributed by atoms with Crippen molar-refractivity contribution in [3.63, 3.8) is 0 Å². The van der Waals surface area contributed by atoms with E-state index >= 15 is 0 Å². The minimum Gasteiger partial charge on any atom is -0.494 e. The van der Waals surface area contributed by atoms with E-state index in [9.17, 15) is 4.79 Å². The number of hydrogen-bond acceptors (Lipinski definition) is 3. The molecule has 0 saturated carbocycles. The quantitative estimate of drug-likeness (QED) is 0.797. The minimum atomic E-state index is -0.130. The van der Waals surface area contributed by atoms with Crippen LogP contribution in [-0.2, 0) is 6.54 Å². The molecule has 0 radical (unpaired) electrons. The number of aromatic nitrogens is 2. The van der Waals surface area contributed by atoms with Crippen molar-refractivity contribution in [1.82, 2.24) is 9.55 Å². The average Bonchev–Trinajstić information content (AvgIpc) is 2.57. The molecular formula is C11H15N3O2. The average molecular weight is 221 g/mol. The number of nitrogens with zero attached hydrogens (tertiary/aromatic N) is 1. The first kappa shape index (κ1) is 10.8. The molecule has 3 N–H and O–H groups in total. The molecule has 0 atom stereocenters. The lowest BCUT2D eigenvalue weighted by Crippen LogP contribution is -2.21. The summed E-state index contributed by atoms with van der Waals surface area (Å²) >= 11 is 0. The van der Waals surface area contributed by atoms with Gasteiger partial charge in [0.2, 0.25) is 0 Å². The van der Waals surface area contributed by atoms with Gasteiger partial charge < -0.3 is 15.5 Å². The molecule has 2 aromatic rings. The number of rotatable bonds is 4. The summed E-state index contributed by atoms with van der Waals surface area (Å²) in [6, 6.07) is 5.54. The second-order valence-corrected chi connectivity index (χ2v) is 3.48. The van der Waals surface area contributed by atoms with Gasteiger partial charge in [0.1, 0.15) is 5.75 Å². The summed E-state index contributed by atoms with van der Waals surface area (Å²) < 4.78 is 7.02. The Hall–Kier alpha value is -1.75. The van der Waals surface area contributed by atoms with Gasteiger partial charge in [-0.15, -0.1) is 0 Å². The SMILES string of the molecule is CCOc1ccc2[nH]c(=O)n(CCN)c2c1. The van der Waals surface area contributed by atoms with Crippen LogP contribution in [-0.4, -0.2) is 22.7 Å². The van der Waals surface area contributed by atoms with Gasteiger partial charge in [0.15, 0.2) is 0 Å². The van der Waals surface area contributed by atoms with Crippen LogP contribution in [0.2, 0.25) is 0 Å². The molecule has 86 valence electrons. The van der Waals surface area contributed by atoms with Gasteiger partial charge in [-0.25, -0.2) is 4.79 Å². The molecule has 5 nitrogen and oxygen atoms in total. The second-order valence-electron chi connectivity index (χ2n) is 3.48. The number of nitrogens with one attached hydrogen (secondary N) is 1. The zero-order valence-electron chi connectivity index (χ0n) is 9.19. The summed E-state index contributed by atoms with van der Waals surface area (Å²) in [4.78, 5) is 14.4. The van der Waals surface area contributed by atoms with Gasteiger partial charge in [0.25, 0.3) is 0 Å². The number of H-pyrrole nitrogens is 1. The molecule has 16 heavy (non-hydrogen) atoms. The molecule has 0 aliphatic rings. The second kappa shape index (κ2) is 4.40. The highest BCUT2D eigenvalue weighted by Crippen LogP contribution is 2.18. The summed E-state index contributed by atoms with van der Waals surface area (Å²) in [5.74, 6) is 0.764. The maximum absolute atomic E-state index is 11.6. The van der Waals surface area contributed by atoms with Crippen molar-refractivity contribution >= 4 is 11.0 Å². The van der Waals surface area contributed by atoms with Crippen LogP contribution in [0.1, 0.15) is 6.92 Å². The van der Waals surface area contributed by atoms with Crippen molar-refractivity contribution in [3.05, 3.63) is 28.7 Å². The minimum absolute atomic E-state index is 0.130. The van der Waals surface area contributed by atoms with E-state index in [4.69, 9.17) is 10.5 Å². The van der Waals surface area contributed by atoms with Crippen molar-refractivity contribution in [2.45, 2.75) is 13.5 Å². The Morgan fingerprint density at radius 1 is 1.50 bits per heavy atom. The molecule has 1 aromatic heterocycles. The van der Waals surface area contributed by atoms with E-state index in [1.807, 2.05) is 25.1 Å². The Labute approximate surface area is 92.8 Å². The number of fused-ring (bicyclic) bond motifs is 1. The molecule has 0 amide bonds. The fourth-order valence-electron chi connectivity index (χ4n) is 1.74. The topological polar surface area (TPSA) is 73.0 Å². The van der Waals surface area contributed by atoms with Gasteiger partial charge in [-0.3, -0.25) is 4.57 Å². The highest BCUT2D eigenvalue weighted by Gasteiger charge is 2.06. The normalized spacial score (nSPS) is 10.9. The van der Waals surface area contributed by atoms with Crippen LogP contribution in [0.3, 0.4) is 0 Å². The van der Waals surface area contributed by atoms with Crippen LogP contribution in [0, 0.1) is 0 Å². The fraction of sp³-hybridized carbons (Fsp3) is 0.364. The van der Waals surface area contributed by atoms with Crippen molar-refractivity contribution in [1.29, 1.82) is 0 Å². The van der Waals surface area contributed by atoms with Crippen LogP contribution >= 0.6 is 0 Å². The van der Waals surface area contributed by atoms with E-state index in [0.29, 0.717) is 19.7 Å². The van der Waals surface area contributed by atoms with Crippen molar-refractivity contribution in [2.24, 2.45) is 5.73 Å². The van der Waals surface area contributed by atoms with Crippen molar-refractivity contribution < 1.29 is 4.74 Å². The number of hydrogen-bond donors (Lipinski definition) is 2. The van der Waals surface area contributed by atoms with E-state index in [1.54, 1.807) is 4.57 Å². The summed E-state index contributed by atoms with van der Waals surface area (Å²) in [5, 5.41) is 0. The molecular weight excluding hydrogens is 206 g/mol. The molecule has 2 rings (SSSR count). The molecule has 0 saturated heterocycles. The molecule has 0 spiro atoms. The summed E-state index contributed by atoms with van der Waals surface area (Å²) in [6.07, 6.45) is 0. The van der Waals surface area contributed by atoms with Crippen LogP contribution in [0.25, 0.3) is 11.0 Å². The number of aromatic amines is 1. The maximum atomic E-state index is 11.6. The number of nitrogens with two attached hydrogens (primary N) is 1. The molecule has 0 unspecified atom stereocenters. The van der Waals surface area contributed by atoms with Gasteiger partial charge in [0, 0.05) is 19.2 Å². The Morgan fingerprint density at radius 2 is 2.31 bits per heavy atom. The Balaban J connectivity index is 2.55. The zero-order valence-corrected chi connectivity index (χ0v) is 9.19. The summed E-state index contributed by atoms with van der Waals surface area (Å²) in [6.45, 7) is 3.48. The highest BCUT2D eigenvalue weighted by molar-refractivity contribution is 5.76. The van der Waals surface area contributed by atoms with Crippen molar-refractivity contribution in [3.8, 4) is 5.75 Å². The molecule has 0 aliphatic heterocycles.